The highest BCUT2D eigenvalue weighted by atomic mass is 16.5. The molecular formula is C10H12N2O3. The molecule has 1 aromatic carbocycles. The molecule has 0 radical (unpaired) electrons. The average molecular weight is 208 g/mol. The van der Waals surface area contributed by atoms with Gasteiger partial charge in [0.1, 0.15) is 0 Å². The van der Waals surface area contributed by atoms with Crippen LogP contribution in [0.3, 0.4) is 0 Å². The van der Waals surface area contributed by atoms with Crippen molar-refractivity contribution in [1.29, 1.82) is 0 Å². The fraction of sp³-hybridized carbons (Fsp3) is 0.300. The molecule has 1 aromatic rings. The van der Waals surface area contributed by atoms with E-state index < -0.39 is 6.23 Å². The standard InChI is InChI=1S/C10H12N2O3/c1-14-8-3-6-7(4-9(8)15-2)11-5-12-10(6)13/h3-5,10,13H,1-2H3,(H,11,12). The van der Waals surface area contributed by atoms with Crippen molar-refractivity contribution in [3.8, 4) is 11.5 Å². The van der Waals surface area contributed by atoms with Crippen molar-refractivity contribution < 1.29 is 14.6 Å². The van der Waals surface area contributed by atoms with Crippen LogP contribution in [-0.4, -0.2) is 25.7 Å². The van der Waals surface area contributed by atoms with Crippen molar-refractivity contribution in [1.82, 2.24) is 0 Å². The smallest absolute Gasteiger partial charge is 0.175 e. The van der Waals surface area contributed by atoms with Crippen molar-refractivity contribution in [3.63, 3.8) is 0 Å². The Balaban J connectivity index is 2.51. The lowest BCUT2D eigenvalue weighted by Crippen LogP contribution is -2.10. The molecule has 0 aromatic heterocycles. The highest BCUT2D eigenvalue weighted by Gasteiger charge is 2.18. The van der Waals surface area contributed by atoms with Gasteiger partial charge in [0, 0.05) is 11.6 Å². The lowest BCUT2D eigenvalue weighted by atomic mass is 10.1. The van der Waals surface area contributed by atoms with E-state index in [0.717, 1.165) is 5.69 Å². The van der Waals surface area contributed by atoms with E-state index in [1.165, 1.54) is 6.34 Å². The number of benzene rings is 1. The number of rotatable bonds is 2. The zero-order chi connectivity index (χ0) is 10.8. The topological polar surface area (TPSA) is 63.1 Å². The minimum Gasteiger partial charge on any atom is -0.493 e. The number of methoxy groups -OCH3 is 2. The van der Waals surface area contributed by atoms with Crippen LogP contribution < -0.4 is 14.8 Å². The second kappa shape index (κ2) is 3.78. The monoisotopic (exact) mass is 208 g/mol. The van der Waals surface area contributed by atoms with Gasteiger partial charge in [0.05, 0.1) is 26.2 Å². The Bertz CT molecular complexity index is 404. The number of aliphatic imine (C=N–C) groups is 1. The second-order valence-electron chi connectivity index (χ2n) is 3.09. The number of aliphatic hydroxyl groups is 1. The Morgan fingerprint density at radius 1 is 1.27 bits per heavy atom. The molecule has 5 heteroatoms. The van der Waals surface area contributed by atoms with E-state index in [1.807, 2.05) is 0 Å². The molecule has 0 amide bonds. The average Bonchev–Trinajstić information content (AvgIpc) is 2.28. The van der Waals surface area contributed by atoms with E-state index in [2.05, 4.69) is 10.3 Å². The van der Waals surface area contributed by atoms with Gasteiger partial charge in [-0.2, -0.15) is 0 Å². The van der Waals surface area contributed by atoms with Crippen LogP contribution in [0.4, 0.5) is 5.69 Å². The van der Waals surface area contributed by atoms with Crippen molar-refractivity contribution in [2.75, 3.05) is 19.5 Å². The highest BCUT2D eigenvalue weighted by Crippen LogP contribution is 2.37. The van der Waals surface area contributed by atoms with Gasteiger partial charge in [0.15, 0.2) is 17.7 Å². The van der Waals surface area contributed by atoms with E-state index in [0.29, 0.717) is 17.1 Å². The lowest BCUT2D eigenvalue weighted by Gasteiger charge is -2.19. The van der Waals surface area contributed by atoms with Gasteiger partial charge >= 0.3 is 0 Å². The van der Waals surface area contributed by atoms with Gasteiger partial charge in [0.2, 0.25) is 0 Å². The van der Waals surface area contributed by atoms with Crippen LogP contribution in [0.2, 0.25) is 0 Å². The molecular weight excluding hydrogens is 196 g/mol. The zero-order valence-corrected chi connectivity index (χ0v) is 8.52. The van der Waals surface area contributed by atoms with E-state index in [-0.39, 0.29) is 0 Å². The maximum Gasteiger partial charge on any atom is 0.175 e. The Labute approximate surface area is 87.4 Å². The first kappa shape index (κ1) is 9.79. The predicted octanol–water partition coefficient (Wildman–Crippen LogP) is 1.15. The Morgan fingerprint density at radius 2 is 1.93 bits per heavy atom. The van der Waals surface area contributed by atoms with Crippen LogP contribution in [0.25, 0.3) is 0 Å². The van der Waals surface area contributed by atoms with Gasteiger partial charge in [-0.3, -0.25) is 0 Å². The molecule has 1 heterocycles. The quantitative estimate of drug-likeness (QED) is 0.765. The van der Waals surface area contributed by atoms with E-state index >= 15 is 0 Å². The summed E-state index contributed by atoms with van der Waals surface area (Å²) in [7, 11) is 3.12. The number of anilines is 1. The SMILES string of the molecule is COc1cc2c(cc1OC)C(O)N=CN2. The summed E-state index contributed by atoms with van der Waals surface area (Å²) < 4.78 is 10.3. The van der Waals surface area contributed by atoms with E-state index in [1.54, 1.807) is 26.4 Å². The number of fused-ring (bicyclic) bond motifs is 1. The predicted molar refractivity (Wildman–Crippen MR) is 56.6 cm³/mol. The Kier molecular flexibility index (Phi) is 2.47. The van der Waals surface area contributed by atoms with Crippen LogP contribution in [0.15, 0.2) is 17.1 Å². The molecule has 5 nitrogen and oxygen atoms in total. The molecule has 2 N–H and O–H groups in total. The summed E-state index contributed by atoms with van der Waals surface area (Å²) in [5.41, 5.74) is 1.45. The summed E-state index contributed by atoms with van der Waals surface area (Å²) in [5.74, 6) is 1.19. The number of ether oxygens (including phenoxy) is 2. The van der Waals surface area contributed by atoms with E-state index in [9.17, 15) is 5.11 Å². The molecule has 0 bridgehead atoms. The van der Waals surface area contributed by atoms with Crippen LogP contribution >= 0.6 is 0 Å². The summed E-state index contributed by atoms with van der Waals surface area (Å²) in [4.78, 5) is 3.83. The van der Waals surface area contributed by atoms with Gasteiger partial charge < -0.3 is 19.9 Å². The molecule has 0 fully saturated rings. The van der Waals surface area contributed by atoms with Crippen molar-refractivity contribution in [3.05, 3.63) is 17.7 Å². The summed E-state index contributed by atoms with van der Waals surface area (Å²) in [5, 5.41) is 12.5. The molecule has 1 unspecified atom stereocenters. The molecule has 1 aliphatic rings. The van der Waals surface area contributed by atoms with Gasteiger partial charge in [0.25, 0.3) is 0 Å². The van der Waals surface area contributed by atoms with E-state index in [4.69, 9.17) is 9.47 Å². The van der Waals surface area contributed by atoms with Gasteiger partial charge in [-0.1, -0.05) is 0 Å². The first-order valence-corrected chi connectivity index (χ1v) is 4.48. The fourth-order valence-corrected chi connectivity index (χ4v) is 1.49. The molecule has 0 spiro atoms. The second-order valence-corrected chi connectivity index (χ2v) is 3.09. The molecule has 1 aliphatic heterocycles. The Hall–Kier alpha value is -1.75. The van der Waals surface area contributed by atoms with Crippen LogP contribution in [-0.2, 0) is 0 Å². The first-order valence-electron chi connectivity index (χ1n) is 4.48. The number of aliphatic hydroxyl groups excluding tert-OH is 1. The molecule has 0 saturated heterocycles. The third-order valence-electron chi connectivity index (χ3n) is 2.27. The lowest BCUT2D eigenvalue weighted by molar-refractivity contribution is 0.188. The third-order valence-corrected chi connectivity index (χ3v) is 2.27. The summed E-state index contributed by atoms with van der Waals surface area (Å²) >= 11 is 0. The molecule has 1 atom stereocenters. The zero-order valence-electron chi connectivity index (χ0n) is 8.52. The van der Waals surface area contributed by atoms with Crippen LogP contribution in [0.1, 0.15) is 11.8 Å². The third kappa shape index (κ3) is 1.61. The number of nitrogens with one attached hydrogen (secondary N) is 1. The van der Waals surface area contributed by atoms with Crippen molar-refractivity contribution in [2.24, 2.45) is 4.99 Å². The van der Waals surface area contributed by atoms with Crippen molar-refractivity contribution >= 4 is 12.0 Å². The maximum absolute atomic E-state index is 9.61. The largest absolute Gasteiger partial charge is 0.493 e. The van der Waals surface area contributed by atoms with Crippen molar-refractivity contribution in [2.45, 2.75) is 6.23 Å². The molecule has 0 saturated carbocycles. The van der Waals surface area contributed by atoms with Gasteiger partial charge in [-0.05, 0) is 6.07 Å². The minimum absolute atomic E-state index is 0.578. The minimum atomic E-state index is -0.846. The molecule has 2 rings (SSSR count). The molecule has 15 heavy (non-hydrogen) atoms. The maximum atomic E-state index is 9.61. The van der Waals surface area contributed by atoms with Crippen LogP contribution in [0.5, 0.6) is 11.5 Å². The number of nitrogens with zero attached hydrogens (tertiary/aromatic N) is 1. The van der Waals surface area contributed by atoms with Gasteiger partial charge in [-0.25, -0.2) is 4.99 Å². The Morgan fingerprint density at radius 3 is 2.60 bits per heavy atom. The van der Waals surface area contributed by atoms with Crippen LogP contribution in [0, 0.1) is 0 Å². The fourth-order valence-electron chi connectivity index (χ4n) is 1.49. The number of hydrogen-bond donors (Lipinski definition) is 2. The van der Waals surface area contributed by atoms with Gasteiger partial charge in [-0.15, -0.1) is 0 Å². The molecule has 80 valence electrons. The highest BCUT2D eigenvalue weighted by molar-refractivity contribution is 5.81. The normalized spacial score (nSPS) is 17.9. The summed E-state index contributed by atoms with van der Waals surface area (Å²) in [6.07, 6.45) is 0.611. The first-order chi connectivity index (χ1) is 7.26. The summed E-state index contributed by atoms with van der Waals surface area (Å²) in [6.45, 7) is 0. The number of hydrogen-bond acceptors (Lipinski definition) is 5. The molecule has 0 aliphatic carbocycles. The summed E-state index contributed by atoms with van der Waals surface area (Å²) in [6, 6.07) is 3.48.